The molecule has 0 heterocycles. The Bertz CT molecular complexity index is 677. The molecule has 1 amide bonds. The summed E-state index contributed by atoms with van der Waals surface area (Å²) in [7, 11) is 1.91. The maximum absolute atomic E-state index is 12.8. The SMILES string of the molecule is C[NH+](CC(=O)NCc1ccc(F)cc1)Cc1cccc(Cl)c1Cl. The molecule has 2 aromatic rings. The normalized spacial score (nSPS) is 12.0. The monoisotopic (exact) mass is 355 g/mol. The molecule has 0 aliphatic heterocycles. The molecule has 0 bridgehead atoms. The molecule has 1 unspecified atom stereocenters. The first kappa shape index (κ1) is 17.7. The summed E-state index contributed by atoms with van der Waals surface area (Å²) in [6, 6.07) is 11.5. The fourth-order valence-electron chi connectivity index (χ4n) is 2.21. The molecule has 2 N–H and O–H groups in total. The van der Waals surface area contributed by atoms with Gasteiger partial charge < -0.3 is 10.2 Å². The van der Waals surface area contributed by atoms with Crippen molar-refractivity contribution in [2.75, 3.05) is 13.6 Å². The third-order valence-electron chi connectivity index (χ3n) is 3.39. The Morgan fingerprint density at radius 1 is 1.17 bits per heavy atom. The van der Waals surface area contributed by atoms with E-state index in [2.05, 4.69) is 5.32 Å². The molecule has 122 valence electrons. The van der Waals surface area contributed by atoms with Gasteiger partial charge in [-0.15, -0.1) is 0 Å². The predicted molar refractivity (Wildman–Crippen MR) is 90.2 cm³/mol. The van der Waals surface area contributed by atoms with Crippen molar-refractivity contribution in [3.8, 4) is 0 Å². The van der Waals surface area contributed by atoms with E-state index in [0.717, 1.165) is 16.0 Å². The van der Waals surface area contributed by atoms with E-state index in [9.17, 15) is 9.18 Å². The van der Waals surface area contributed by atoms with Crippen LogP contribution in [0.25, 0.3) is 0 Å². The zero-order valence-electron chi connectivity index (χ0n) is 12.7. The van der Waals surface area contributed by atoms with Crippen molar-refractivity contribution in [2.45, 2.75) is 13.1 Å². The van der Waals surface area contributed by atoms with Crippen LogP contribution in [0.4, 0.5) is 4.39 Å². The highest BCUT2D eigenvalue weighted by molar-refractivity contribution is 6.42. The lowest BCUT2D eigenvalue weighted by Crippen LogP contribution is -3.08. The van der Waals surface area contributed by atoms with Crippen LogP contribution < -0.4 is 10.2 Å². The Hall–Kier alpha value is -1.62. The van der Waals surface area contributed by atoms with Crippen LogP contribution in [-0.4, -0.2) is 19.5 Å². The minimum absolute atomic E-state index is 0.0787. The Kier molecular flexibility index (Phi) is 6.39. The van der Waals surface area contributed by atoms with Gasteiger partial charge in [0.05, 0.1) is 17.1 Å². The zero-order chi connectivity index (χ0) is 16.8. The maximum Gasteiger partial charge on any atom is 0.275 e. The van der Waals surface area contributed by atoms with Crippen LogP contribution in [0, 0.1) is 5.82 Å². The second-order valence-electron chi connectivity index (χ2n) is 5.43. The molecular weight excluding hydrogens is 338 g/mol. The number of hydrogen-bond donors (Lipinski definition) is 2. The molecular formula is C17H18Cl2FN2O+. The number of nitrogens with one attached hydrogen (secondary N) is 2. The lowest BCUT2D eigenvalue weighted by atomic mass is 10.2. The van der Waals surface area contributed by atoms with Gasteiger partial charge in [-0.2, -0.15) is 0 Å². The van der Waals surface area contributed by atoms with Crippen LogP contribution in [0.2, 0.25) is 10.0 Å². The number of hydrogen-bond acceptors (Lipinski definition) is 1. The molecule has 0 saturated carbocycles. The number of rotatable bonds is 6. The van der Waals surface area contributed by atoms with E-state index in [1.54, 1.807) is 18.2 Å². The number of carbonyl (C=O) groups is 1. The van der Waals surface area contributed by atoms with Crippen LogP contribution in [0.1, 0.15) is 11.1 Å². The fraction of sp³-hybridized carbons (Fsp3) is 0.235. The number of quaternary nitrogens is 1. The van der Waals surface area contributed by atoms with E-state index in [0.29, 0.717) is 29.7 Å². The molecule has 23 heavy (non-hydrogen) atoms. The van der Waals surface area contributed by atoms with E-state index in [-0.39, 0.29) is 11.7 Å². The maximum atomic E-state index is 12.8. The first-order valence-corrected chi connectivity index (χ1v) is 7.96. The third-order valence-corrected chi connectivity index (χ3v) is 4.25. The van der Waals surface area contributed by atoms with Gasteiger partial charge in [0.1, 0.15) is 12.4 Å². The average Bonchev–Trinajstić information content (AvgIpc) is 2.51. The van der Waals surface area contributed by atoms with Crippen molar-refractivity contribution in [2.24, 2.45) is 0 Å². The van der Waals surface area contributed by atoms with E-state index < -0.39 is 0 Å². The molecule has 2 rings (SSSR count). The van der Waals surface area contributed by atoms with Crippen LogP contribution in [0.15, 0.2) is 42.5 Å². The second kappa shape index (κ2) is 8.29. The largest absolute Gasteiger partial charge is 0.347 e. The average molecular weight is 356 g/mol. The highest BCUT2D eigenvalue weighted by atomic mass is 35.5. The summed E-state index contributed by atoms with van der Waals surface area (Å²) in [6.45, 7) is 1.29. The highest BCUT2D eigenvalue weighted by Crippen LogP contribution is 2.24. The molecule has 1 atom stereocenters. The summed E-state index contributed by atoms with van der Waals surface area (Å²) in [4.78, 5) is 13.0. The molecule has 3 nitrogen and oxygen atoms in total. The first-order valence-electron chi connectivity index (χ1n) is 7.21. The summed E-state index contributed by atoms with van der Waals surface area (Å²) in [6.07, 6.45) is 0. The summed E-state index contributed by atoms with van der Waals surface area (Å²) >= 11 is 12.1. The van der Waals surface area contributed by atoms with Crippen LogP contribution in [0.3, 0.4) is 0 Å². The van der Waals surface area contributed by atoms with Gasteiger partial charge in [0, 0.05) is 12.1 Å². The standard InChI is InChI=1S/C17H17Cl2FN2O/c1-22(10-13-3-2-4-15(18)17(13)19)11-16(23)21-9-12-5-7-14(20)8-6-12/h2-8H,9-11H2,1H3,(H,21,23)/p+1. The Balaban J connectivity index is 1.82. The molecule has 0 saturated heterocycles. The lowest BCUT2D eigenvalue weighted by Gasteiger charge is -2.15. The van der Waals surface area contributed by atoms with Gasteiger partial charge in [-0.05, 0) is 23.8 Å². The van der Waals surface area contributed by atoms with Crippen LogP contribution in [0.5, 0.6) is 0 Å². The number of likely N-dealkylation sites (N-methyl/N-ethyl adjacent to an activating group) is 1. The number of carbonyl (C=O) groups excluding carboxylic acids is 1. The van der Waals surface area contributed by atoms with E-state index in [1.807, 2.05) is 19.2 Å². The highest BCUT2D eigenvalue weighted by Gasteiger charge is 2.13. The van der Waals surface area contributed by atoms with Gasteiger partial charge in [0.15, 0.2) is 6.54 Å². The molecule has 6 heteroatoms. The third kappa shape index (κ3) is 5.50. The van der Waals surface area contributed by atoms with Crippen molar-refractivity contribution in [1.29, 1.82) is 0 Å². The van der Waals surface area contributed by atoms with Gasteiger partial charge in [0.25, 0.3) is 5.91 Å². The van der Waals surface area contributed by atoms with Gasteiger partial charge in [0.2, 0.25) is 0 Å². The van der Waals surface area contributed by atoms with Gasteiger partial charge in [-0.25, -0.2) is 4.39 Å². The number of amides is 1. The van der Waals surface area contributed by atoms with E-state index in [4.69, 9.17) is 23.2 Å². The van der Waals surface area contributed by atoms with Gasteiger partial charge in [-0.1, -0.05) is 47.5 Å². The summed E-state index contributed by atoms with van der Waals surface area (Å²) in [5.41, 5.74) is 1.76. The van der Waals surface area contributed by atoms with Crippen LogP contribution in [-0.2, 0) is 17.9 Å². The van der Waals surface area contributed by atoms with Crippen molar-refractivity contribution in [3.05, 3.63) is 69.5 Å². The topological polar surface area (TPSA) is 33.5 Å². The van der Waals surface area contributed by atoms with Crippen molar-refractivity contribution in [3.63, 3.8) is 0 Å². The molecule has 0 aliphatic carbocycles. The lowest BCUT2D eigenvalue weighted by molar-refractivity contribution is -0.885. The quantitative estimate of drug-likeness (QED) is 0.819. The van der Waals surface area contributed by atoms with Crippen molar-refractivity contribution < 1.29 is 14.1 Å². The minimum Gasteiger partial charge on any atom is -0.347 e. The summed E-state index contributed by atoms with van der Waals surface area (Å²) < 4.78 is 12.8. The fourth-order valence-corrected chi connectivity index (χ4v) is 2.60. The number of benzene rings is 2. The molecule has 0 radical (unpaired) electrons. The van der Waals surface area contributed by atoms with Gasteiger partial charge in [-0.3, -0.25) is 4.79 Å². The minimum atomic E-state index is -0.289. The Morgan fingerprint density at radius 2 is 1.87 bits per heavy atom. The molecule has 2 aromatic carbocycles. The Labute approximate surface area is 145 Å². The van der Waals surface area contributed by atoms with Gasteiger partial charge >= 0.3 is 0 Å². The molecule has 0 spiro atoms. The number of halogens is 3. The summed E-state index contributed by atoms with van der Waals surface area (Å²) in [5.74, 6) is -0.368. The van der Waals surface area contributed by atoms with E-state index in [1.165, 1.54) is 12.1 Å². The first-order chi connectivity index (χ1) is 11.0. The molecule has 0 fully saturated rings. The van der Waals surface area contributed by atoms with E-state index >= 15 is 0 Å². The second-order valence-corrected chi connectivity index (χ2v) is 6.21. The molecule has 0 aliphatic rings. The Morgan fingerprint density at radius 3 is 2.57 bits per heavy atom. The smallest absolute Gasteiger partial charge is 0.275 e. The predicted octanol–water partition coefficient (Wildman–Crippen LogP) is 2.46. The van der Waals surface area contributed by atoms with Crippen LogP contribution >= 0.6 is 23.2 Å². The summed E-state index contributed by atoms with van der Waals surface area (Å²) in [5, 5.41) is 3.86. The van der Waals surface area contributed by atoms with Crippen molar-refractivity contribution in [1.82, 2.24) is 5.32 Å². The zero-order valence-corrected chi connectivity index (χ0v) is 14.2. The van der Waals surface area contributed by atoms with Crippen molar-refractivity contribution >= 4 is 29.1 Å². The molecule has 0 aromatic heterocycles.